The van der Waals surface area contributed by atoms with Crippen LogP contribution in [0.2, 0.25) is 0 Å². The van der Waals surface area contributed by atoms with E-state index in [1.807, 2.05) is 74.5 Å². The van der Waals surface area contributed by atoms with Gasteiger partial charge in [0.05, 0.1) is 13.2 Å². The zero-order chi connectivity index (χ0) is 19.5. The second-order valence-corrected chi connectivity index (χ2v) is 6.76. The highest BCUT2D eigenvalue weighted by Crippen LogP contribution is 2.26. The third kappa shape index (κ3) is 7.77. The van der Waals surface area contributed by atoms with Gasteiger partial charge in [0, 0.05) is 26.1 Å². The average Bonchev–Trinajstić information content (AvgIpc) is 2.68. The van der Waals surface area contributed by atoms with E-state index in [9.17, 15) is 5.11 Å². The zero-order valence-electron chi connectivity index (χ0n) is 16.9. The molecule has 6 heteroatoms. The molecule has 0 amide bonds. The number of rotatable bonds is 9. The molecular weight excluding hydrogens is 465 g/mol. The lowest BCUT2D eigenvalue weighted by Gasteiger charge is -2.28. The van der Waals surface area contributed by atoms with Crippen molar-refractivity contribution in [2.24, 2.45) is 4.99 Å². The van der Waals surface area contributed by atoms with Gasteiger partial charge in [0.1, 0.15) is 5.60 Å². The van der Waals surface area contributed by atoms with E-state index in [1.54, 1.807) is 7.11 Å². The van der Waals surface area contributed by atoms with Gasteiger partial charge in [-0.2, -0.15) is 0 Å². The minimum absolute atomic E-state index is 0. The third-order valence-electron chi connectivity index (χ3n) is 4.29. The van der Waals surface area contributed by atoms with Gasteiger partial charge in [0.15, 0.2) is 5.96 Å². The van der Waals surface area contributed by atoms with Gasteiger partial charge < -0.3 is 20.5 Å². The first-order valence-corrected chi connectivity index (χ1v) is 9.43. The molecule has 2 aromatic rings. The highest BCUT2D eigenvalue weighted by atomic mass is 127. The van der Waals surface area contributed by atoms with Crippen LogP contribution in [0.1, 0.15) is 25.0 Å². The van der Waals surface area contributed by atoms with E-state index in [0.717, 1.165) is 17.7 Å². The summed E-state index contributed by atoms with van der Waals surface area (Å²) in [5, 5.41) is 18.0. The molecule has 2 aromatic carbocycles. The number of aliphatic imine (C=N–C) groups is 1. The van der Waals surface area contributed by atoms with Gasteiger partial charge in [-0.25, -0.2) is 4.99 Å². The smallest absolute Gasteiger partial charge is 0.191 e. The Balaban J connectivity index is 0.00000392. The maximum absolute atomic E-state index is 11.5. The van der Waals surface area contributed by atoms with Crippen molar-refractivity contribution in [3.05, 3.63) is 71.8 Å². The molecule has 0 aliphatic rings. The SMILES string of the molecule is CCNC(=NCC(O)(Cc1ccccc1)c1ccccc1)NC(C)COC.I. The van der Waals surface area contributed by atoms with Gasteiger partial charge in [0.25, 0.3) is 0 Å². The second kappa shape index (κ2) is 12.7. The quantitative estimate of drug-likeness (QED) is 0.283. The molecule has 2 atom stereocenters. The molecule has 5 nitrogen and oxygen atoms in total. The summed E-state index contributed by atoms with van der Waals surface area (Å²) in [7, 11) is 1.68. The lowest BCUT2D eigenvalue weighted by atomic mass is 9.87. The van der Waals surface area contributed by atoms with Crippen LogP contribution in [0.25, 0.3) is 0 Å². The molecule has 0 heterocycles. The van der Waals surface area contributed by atoms with E-state index < -0.39 is 5.60 Å². The molecule has 3 N–H and O–H groups in total. The van der Waals surface area contributed by atoms with E-state index in [4.69, 9.17) is 4.74 Å². The van der Waals surface area contributed by atoms with Crippen LogP contribution in [0.3, 0.4) is 0 Å². The van der Waals surface area contributed by atoms with Gasteiger partial charge in [-0.1, -0.05) is 60.7 Å². The summed E-state index contributed by atoms with van der Waals surface area (Å²) in [6.07, 6.45) is 0.494. The molecule has 0 saturated heterocycles. The highest BCUT2D eigenvalue weighted by Gasteiger charge is 2.29. The molecule has 0 aromatic heterocycles. The molecule has 0 saturated carbocycles. The number of nitrogens with zero attached hydrogens (tertiary/aromatic N) is 1. The van der Waals surface area contributed by atoms with E-state index >= 15 is 0 Å². The Kier molecular flexibility index (Phi) is 11.1. The van der Waals surface area contributed by atoms with Gasteiger partial charge in [-0.15, -0.1) is 24.0 Å². The van der Waals surface area contributed by atoms with Gasteiger partial charge >= 0.3 is 0 Å². The van der Waals surface area contributed by atoms with Crippen molar-refractivity contribution in [1.29, 1.82) is 0 Å². The molecule has 2 unspecified atom stereocenters. The third-order valence-corrected chi connectivity index (χ3v) is 4.29. The van der Waals surface area contributed by atoms with Crippen LogP contribution in [0.4, 0.5) is 0 Å². The predicted octanol–water partition coefficient (Wildman–Crippen LogP) is 3.32. The Bertz CT molecular complexity index is 697. The van der Waals surface area contributed by atoms with Crippen LogP contribution >= 0.6 is 24.0 Å². The van der Waals surface area contributed by atoms with Gasteiger partial charge in [-0.3, -0.25) is 0 Å². The first-order chi connectivity index (χ1) is 13.1. The molecule has 0 spiro atoms. The van der Waals surface area contributed by atoms with E-state index in [1.165, 1.54) is 0 Å². The van der Waals surface area contributed by atoms with Crippen molar-refractivity contribution >= 4 is 29.9 Å². The van der Waals surface area contributed by atoms with E-state index in [0.29, 0.717) is 19.0 Å². The maximum atomic E-state index is 11.5. The van der Waals surface area contributed by atoms with Gasteiger partial charge in [0.2, 0.25) is 0 Å². The zero-order valence-corrected chi connectivity index (χ0v) is 19.2. The first kappa shape index (κ1) is 24.4. The molecule has 0 radical (unpaired) electrons. The molecule has 0 fully saturated rings. The van der Waals surface area contributed by atoms with Crippen LogP contribution in [-0.2, 0) is 16.8 Å². The summed E-state index contributed by atoms with van der Waals surface area (Å²) < 4.78 is 5.18. The summed E-state index contributed by atoms with van der Waals surface area (Å²) in [5.74, 6) is 0.671. The average molecular weight is 497 g/mol. The first-order valence-electron chi connectivity index (χ1n) is 9.43. The topological polar surface area (TPSA) is 65.9 Å². The summed E-state index contributed by atoms with van der Waals surface area (Å²) in [6.45, 7) is 5.63. The largest absolute Gasteiger partial charge is 0.383 e. The Morgan fingerprint density at radius 3 is 2.29 bits per heavy atom. The number of hydrogen-bond acceptors (Lipinski definition) is 3. The summed E-state index contributed by atoms with van der Waals surface area (Å²) in [5.41, 5.74) is 0.846. The van der Waals surface area contributed by atoms with Crippen LogP contribution in [0, 0.1) is 0 Å². The fraction of sp³-hybridized carbons (Fsp3) is 0.409. The Hall–Kier alpha value is -1.64. The molecule has 0 aliphatic heterocycles. The number of methoxy groups -OCH3 is 1. The molecular formula is C22H32IN3O2. The number of halogens is 1. The number of hydrogen-bond donors (Lipinski definition) is 3. The number of benzene rings is 2. The fourth-order valence-corrected chi connectivity index (χ4v) is 2.99. The van der Waals surface area contributed by atoms with Crippen molar-refractivity contribution < 1.29 is 9.84 Å². The lowest BCUT2D eigenvalue weighted by molar-refractivity contribution is 0.0466. The summed E-state index contributed by atoms with van der Waals surface area (Å²) in [4.78, 5) is 4.67. The number of nitrogens with one attached hydrogen (secondary N) is 2. The number of guanidine groups is 1. The standard InChI is InChI=1S/C22H31N3O2.HI/c1-4-23-21(25-18(2)16-27-3)24-17-22(26,20-13-9-6-10-14-20)15-19-11-7-5-8-12-19;/h5-14,18,26H,4,15-17H2,1-3H3,(H2,23,24,25);1H. The minimum Gasteiger partial charge on any atom is -0.383 e. The van der Waals surface area contributed by atoms with Crippen LogP contribution < -0.4 is 10.6 Å². The Labute approximate surface area is 185 Å². The predicted molar refractivity (Wildman–Crippen MR) is 126 cm³/mol. The summed E-state index contributed by atoms with van der Waals surface area (Å²) >= 11 is 0. The van der Waals surface area contributed by atoms with Gasteiger partial charge in [-0.05, 0) is 25.0 Å². The van der Waals surface area contributed by atoms with E-state index in [-0.39, 0.29) is 36.6 Å². The Morgan fingerprint density at radius 2 is 1.71 bits per heavy atom. The number of aliphatic hydroxyl groups is 1. The highest BCUT2D eigenvalue weighted by molar-refractivity contribution is 14.0. The van der Waals surface area contributed by atoms with E-state index in [2.05, 4.69) is 15.6 Å². The Morgan fingerprint density at radius 1 is 1.11 bits per heavy atom. The number of ether oxygens (including phenoxy) is 1. The minimum atomic E-state index is -1.09. The molecule has 0 bridgehead atoms. The molecule has 154 valence electrons. The molecule has 0 aliphatic carbocycles. The monoisotopic (exact) mass is 497 g/mol. The van der Waals surface area contributed by atoms with Crippen molar-refractivity contribution in [3.8, 4) is 0 Å². The van der Waals surface area contributed by atoms with Crippen molar-refractivity contribution in [2.75, 3.05) is 26.8 Å². The van der Waals surface area contributed by atoms with Crippen molar-refractivity contribution in [3.63, 3.8) is 0 Å². The fourth-order valence-electron chi connectivity index (χ4n) is 2.99. The van der Waals surface area contributed by atoms with Crippen LogP contribution in [0.15, 0.2) is 65.7 Å². The van der Waals surface area contributed by atoms with Crippen molar-refractivity contribution in [1.82, 2.24) is 10.6 Å². The normalized spacial score (nSPS) is 14.5. The summed E-state index contributed by atoms with van der Waals surface area (Å²) in [6, 6.07) is 19.9. The maximum Gasteiger partial charge on any atom is 0.191 e. The molecule has 28 heavy (non-hydrogen) atoms. The lowest BCUT2D eigenvalue weighted by Crippen LogP contribution is -2.45. The van der Waals surface area contributed by atoms with Crippen LogP contribution in [-0.4, -0.2) is 43.9 Å². The second-order valence-electron chi connectivity index (χ2n) is 6.76. The van der Waals surface area contributed by atoms with Crippen LogP contribution in [0.5, 0.6) is 0 Å². The van der Waals surface area contributed by atoms with Crippen molar-refractivity contribution in [2.45, 2.75) is 31.9 Å². The molecule has 2 rings (SSSR count).